The number of nitriles is 1. The number of hydrogen-bond acceptors (Lipinski definition) is 3. The van der Waals surface area contributed by atoms with Gasteiger partial charge in [-0.25, -0.2) is 0 Å². The molecular weight excluding hydrogens is 216 g/mol. The second kappa shape index (κ2) is 7.04. The highest BCUT2D eigenvalue weighted by molar-refractivity contribution is 5.80. The van der Waals surface area contributed by atoms with E-state index in [1.807, 2.05) is 12.1 Å². The summed E-state index contributed by atoms with van der Waals surface area (Å²) in [5.41, 5.74) is 9.78. The maximum atomic E-state index is 11.2. The van der Waals surface area contributed by atoms with Gasteiger partial charge in [-0.15, -0.1) is 0 Å². The summed E-state index contributed by atoms with van der Waals surface area (Å²) >= 11 is 0. The fraction of sp³-hybridized carbons (Fsp3) is 0.333. The molecule has 0 aliphatic heterocycles. The molecule has 0 bridgehead atoms. The van der Waals surface area contributed by atoms with Crippen molar-refractivity contribution < 1.29 is 4.79 Å². The average Bonchev–Trinajstić information content (AvgIpc) is 2.37. The molecule has 1 aromatic rings. The Morgan fingerprint density at radius 2 is 2.12 bits per heavy atom. The molecule has 1 rings (SSSR count). The van der Waals surface area contributed by atoms with Crippen LogP contribution in [0.25, 0.3) is 10.4 Å². The minimum Gasteiger partial charge on any atom is -0.300 e. The van der Waals surface area contributed by atoms with Gasteiger partial charge in [0, 0.05) is 11.3 Å². The lowest BCUT2D eigenvalue weighted by Gasteiger charge is -2.00. The molecule has 0 fully saturated rings. The Kier molecular flexibility index (Phi) is 5.29. The van der Waals surface area contributed by atoms with Crippen molar-refractivity contribution in [2.24, 2.45) is 5.11 Å². The third-order valence-electron chi connectivity index (χ3n) is 2.31. The van der Waals surface area contributed by atoms with Crippen molar-refractivity contribution in [2.75, 3.05) is 6.54 Å². The Morgan fingerprint density at radius 3 is 2.71 bits per heavy atom. The molecule has 0 unspecified atom stereocenters. The SMILES string of the molecule is N#Cc1ccc(CCCC(=O)CN=[N+]=[N-])cc1. The van der Waals surface area contributed by atoms with E-state index in [0.717, 1.165) is 18.4 Å². The van der Waals surface area contributed by atoms with Crippen molar-refractivity contribution in [2.45, 2.75) is 19.3 Å². The third kappa shape index (κ3) is 4.83. The zero-order valence-electron chi connectivity index (χ0n) is 9.33. The number of nitrogens with zero attached hydrogens (tertiary/aromatic N) is 4. The van der Waals surface area contributed by atoms with Crippen molar-refractivity contribution in [3.8, 4) is 6.07 Å². The number of carbonyl (C=O) groups is 1. The first kappa shape index (κ1) is 12.8. The highest BCUT2D eigenvalue weighted by atomic mass is 16.1. The van der Waals surface area contributed by atoms with Gasteiger partial charge in [-0.3, -0.25) is 4.79 Å². The standard InChI is InChI=1S/C12H12N4O/c13-8-11-6-4-10(5-7-11)2-1-3-12(17)9-15-16-14/h4-7H,1-3,9H2. The molecule has 0 aliphatic rings. The Hall–Kier alpha value is -2.31. The lowest BCUT2D eigenvalue weighted by Crippen LogP contribution is -2.02. The number of azide groups is 1. The van der Waals surface area contributed by atoms with Gasteiger partial charge in [-0.05, 0) is 36.1 Å². The molecule has 86 valence electrons. The molecule has 0 heterocycles. The van der Waals surface area contributed by atoms with Crippen molar-refractivity contribution in [1.29, 1.82) is 5.26 Å². The Balaban J connectivity index is 2.33. The van der Waals surface area contributed by atoms with E-state index in [1.165, 1.54) is 0 Å². The van der Waals surface area contributed by atoms with Crippen LogP contribution in [0.15, 0.2) is 29.4 Å². The summed E-state index contributed by atoms with van der Waals surface area (Å²) in [4.78, 5) is 13.7. The van der Waals surface area contributed by atoms with Crippen molar-refractivity contribution in [3.63, 3.8) is 0 Å². The van der Waals surface area contributed by atoms with E-state index in [4.69, 9.17) is 10.8 Å². The van der Waals surface area contributed by atoms with Crippen LogP contribution >= 0.6 is 0 Å². The van der Waals surface area contributed by atoms with Gasteiger partial charge >= 0.3 is 0 Å². The van der Waals surface area contributed by atoms with Crippen LogP contribution in [0, 0.1) is 11.3 Å². The number of rotatable bonds is 6. The molecule has 0 saturated carbocycles. The van der Waals surface area contributed by atoms with Crippen LogP contribution in [-0.4, -0.2) is 12.3 Å². The minimum absolute atomic E-state index is 0.0450. The van der Waals surface area contributed by atoms with Crippen molar-refractivity contribution in [3.05, 3.63) is 45.8 Å². The van der Waals surface area contributed by atoms with Crippen molar-refractivity contribution in [1.82, 2.24) is 0 Å². The highest BCUT2D eigenvalue weighted by Crippen LogP contribution is 2.07. The Bertz CT molecular complexity index is 466. The predicted molar refractivity (Wildman–Crippen MR) is 63.1 cm³/mol. The lowest BCUT2D eigenvalue weighted by atomic mass is 10.1. The fourth-order valence-corrected chi connectivity index (χ4v) is 1.43. The largest absolute Gasteiger partial charge is 0.300 e. The summed E-state index contributed by atoms with van der Waals surface area (Å²) in [6.07, 6.45) is 1.93. The number of ketones is 1. The number of Topliss-reactive ketones (excluding diaryl/α,β-unsaturated/α-hetero) is 1. The fourth-order valence-electron chi connectivity index (χ4n) is 1.43. The van der Waals surface area contributed by atoms with E-state index in [0.29, 0.717) is 12.0 Å². The normalized spacial score (nSPS) is 9.12. The van der Waals surface area contributed by atoms with E-state index in [1.54, 1.807) is 12.1 Å². The van der Waals surface area contributed by atoms with Crippen LogP contribution in [0.2, 0.25) is 0 Å². The first-order chi connectivity index (χ1) is 8.26. The zero-order valence-corrected chi connectivity index (χ0v) is 9.33. The molecule has 17 heavy (non-hydrogen) atoms. The minimum atomic E-state index is -0.0656. The van der Waals surface area contributed by atoms with Gasteiger partial charge < -0.3 is 0 Å². The first-order valence-corrected chi connectivity index (χ1v) is 5.28. The second-order valence-corrected chi connectivity index (χ2v) is 3.59. The summed E-state index contributed by atoms with van der Waals surface area (Å²) in [6, 6.07) is 9.34. The molecule has 0 saturated heterocycles. The number of hydrogen-bond donors (Lipinski definition) is 0. The van der Waals surface area contributed by atoms with Crippen LogP contribution in [0.3, 0.4) is 0 Å². The smallest absolute Gasteiger partial charge is 0.138 e. The van der Waals surface area contributed by atoms with Crippen LogP contribution in [0.1, 0.15) is 24.0 Å². The van der Waals surface area contributed by atoms with Crippen LogP contribution in [0.5, 0.6) is 0 Å². The molecule has 5 heteroatoms. The van der Waals surface area contributed by atoms with E-state index >= 15 is 0 Å². The van der Waals surface area contributed by atoms with Crippen LogP contribution in [0.4, 0.5) is 0 Å². The number of carbonyl (C=O) groups excluding carboxylic acids is 1. The summed E-state index contributed by atoms with van der Waals surface area (Å²) in [6.45, 7) is -0.0656. The predicted octanol–water partition coefficient (Wildman–Crippen LogP) is 2.76. The van der Waals surface area contributed by atoms with Gasteiger partial charge in [-0.1, -0.05) is 17.2 Å². The van der Waals surface area contributed by atoms with Gasteiger partial charge in [0.2, 0.25) is 0 Å². The number of aryl methyl sites for hydroxylation is 1. The topological polar surface area (TPSA) is 89.6 Å². The lowest BCUT2D eigenvalue weighted by molar-refractivity contribution is -0.117. The third-order valence-corrected chi connectivity index (χ3v) is 2.31. The second-order valence-electron chi connectivity index (χ2n) is 3.59. The molecule has 5 nitrogen and oxygen atoms in total. The van der Waals surface area contributed by atoms with E-state index in [2.05, 4.69) is 16.1 Å². The van der Waals surface area contributed by atoms with Crippen LogP contribution in [-0.2, 0) is 11.2 Å². The highest BCUT2D eigenvalue weighted by Gasteiger charge is 2.00. The van der Waals surface area contributed by atoms with Gasteiger partial charge in [-0.2, -0.15) is 5.26 Å². The Labute approximate surface area is 99.3 Å². The average molecular weight is 228 g/mol. The van der Waals surface area contributed by atoms with Gasteiger partial charge in [0.1, 0.15) is 5.78 Å². The monoisotopic (exact) mass is 228 g/mol. The molecule has 0 atom stereocenters. The Morgan fingerprint density at radius 1 is 1.41 bits per heavy atom. The molecular formula is C12H12N4O. The maximum Gasteiger partial charge on any atom is 0.138 e. The van der Waals surface area contributed by atoms with Gasteiger partial charge in [0.05, 0.1) is 18.2 Å². The molecule has 0 radical (unpaired) electrons. The summed E-state index contributed by atoms with van der Waals surface area (Å²) < 4.78 is 0. The van der Waals surface area contributed by atoms with E-state index in [-0.39, 0.29) is 12.3 Å². The van der Waals surface area contributed by atoms with Gasteiger partial charge in [0.15, 0.2) is 0 Å². The maximum absolute atomic E-state index is 11.2. The summed E-state index contributed by atoms with van der Waals surface area (Å²) in [5, 5.41) is 11.8. The first-order valence-electron chi connectivity index (χ1n) is 5.28. The van der Waals surface area contributed by atoms with Crippen LogP contribution < -0.4 is 0 Å². The van der Waals surface area contributed by atoms with E-state index < -0.39 is 0 Å². The van der Waals surface area contributed by atoms with Crippen molar-refractivity contribution >= 4 is 5.78 Å². The van der Waals surface area contributed by atoms with Gasteiger partial charge in [0.25, 0.3) is 0 Å². The molecule has 1 aromatic carbocycles. The summed E-state index contributed by atoms with van der Waals surface area (Å²) in [7, 11) is 0. The summed E-state index contributed by atoms with van der Waals surface area (Å²) in [5.74, 6) is -0.0450. The molecule has 0 spiro atoms. The molecule has 0 aliphatic carbocycles. The molecule has 0 N–H and O–H groups in total. The zero-order chi connectivity index (χ0) is 12.5. The molecule has 0 aromatic heterocycles. The quantitative estimate of drug-likeness (QED) is 0.425. The molecule has 0 amide bonds. The van der Waals surface area contributed by atoms with E-state index in [9.17, 15) is 4.79 Å². The number of benzene rings is 1.